The third-order valence-corrected chi connectivity index (χ3v) is 11.2. The number of carbonyl (C=O) groups excluding carboxylic acids is 4. The summed E-state index contributed by atoms with van der Waals surface area (Å²) in [6.45, 7) is 9.72. The van der Waals surface area contributed by atoms with Crippen LogP contribution in [0.15, 0.2) is 29.2 Å². The molecule has 1 heterocycles. The van der Waals surface area contributed by atoms with Crippen LogP contribution < -0.4 is 15.4 Å². The molecular formula is C35H60N6O8S. The number of ether oxygens (including phenoxy) is 2. The summed E-state index contributed by atoms with van der Waals surface area (Å²) in [5.74, 6) is -2.39. The van der Waals surface area contributed by atoms with E-state index < -0.39 is 46.1 Å². The molecule has 15 heteroatoms. The van der Waals surface area contributed by atoms with Crippen LogP contribution in [0.1, 0.15) is 60.3 Å². The summed E-state index contributed by atoms with van der Waals surface area (Å²) in [7, 11) is 5.84. The van der Waals surface area contributed by atoms with Crippen LogP contribution >= 0.6 is 0 Å². The van der Waals surface area contributed by atoms with Crippen molar-refractivity contribution in [1.29, 1.82) is 0 Å². The number of carbonyl (C=O) groups is 4. The molecule has 0 aliphatic carbocycles. The molecule has 2 rings (SSSR count). The molecule has 0 aromatic heterocycles. The quantitative estimate of drug-likeness (QED) is 0.193. The number of amides is 4. The lowest BCUT2D eigenvalue weighted by Gasteiger charge is -2.39. The highest BCUT2D eigenvalue weighted by molar-refractivity contribution is 7.90. The summed E-state index contributed by atoms with van der Waals surface area (Å²) in [5, 5.41) is 5.70. The van der Waals surface area contributed by atoms with Crippen molar-refractivity contribution < 1.29 is 37.1 Å². The molecule has 1 fully saturated rings. The van der Waals surface area contributed by atoms with Crippen molar-refractivity contribution in [2.75, 3.05) is 60.8 Å². The van der Waals surface area contributed by atoms with E-state index in [4.69, 9.17) is 9.47 Å². The molecule has 1 aliphatic heterocycles. The Bertz CT molecular complexity index is 1380. The van der Waals surface area contributed by atoms with Gasteiger partial charge in [-0.1, -0.05) is 41.0 Å². The van der Waals surface area contributed by atoms with Crippen LogP contribution in [0.25, 0.3) is 0 Å². The molecule has 1 aliphatic rings. The first-order chi connectivity index (χ1) is 23.4. The molecule has 1 aromatic rings. The number of hydrogen-bond acceptors (Lipinski definition) is 10. The number of likely N-dealkylation sites (N-methyl/N-ethyl adjacent to an activating group) is 2. The van der Waals surface area contributed by atoms with Crippen LogP contribution in [-0.2, 0) is 38.7 Å². The second-order valence-corrected chi connectivity index (χ2v) is 15.4. The topological polar surface area (TPSA) is 167 Å². The molecule has 0 radical (unpaired) electrons. The Morgan fingerprint density at radius 1 is 0.980 bits per heavy atom. The van der Waals surface area contributed by atoms with Gasteiger partial charge in [-0.15, -0.1) is 0 Å². The van der Waals surface area contributed by atoms with Gasteiger partial charge in [-0.25, -0.2) is 13.1 Å². The zero-order chi connectivity index (χ0) is 37.9. The molecule has 7 atom stereocenters. The molecule has 3 N–H and O–H groups in total. The van der Waals surface area contributed by atoms with Gasteiger partial charge < -0.3 is 29.9 Å². The summed E-state index contributed by atoms with van der Waals surface area (Å²) >= 11 is 0. The zero-order valence-corrected chi connectivity index (χ0v) is 32.5. The van der Waals surface area contributed by atoms with Crippen LogP contribution in [0.2, 0.25) is 0 Å². The number of hydrogen-bond donors (Lipinski definition) is 3. The van der Waals surface area contributed by atoms with E-state index >= 15 is 0 Å². The number of likely N-dealkylation sites (tertiary alicyclic amines) is 1. The monoisotopic (exact) mass is 724 g/mol. The molecule has 50 heavy (non-hydrogen) atoms. The third-order valence-electron chi connectivity index (χ3n) is 9.86. The number of sulfonamides is 1. The summed E-state index contributed by atoms with van der Waals surface area (Å²) in [6.07, 6.45) is 0.487. The molecule has 0 saturated carbocycles. The van der Waals surface area contributed by atoms with E-state index in [1.807, 2.05) is 46.7 Å². The van der Waals surface area contributed by atoms with Crippen LogP contribution in [0.5, 0.6) is 0 Å². The molecular weight excluding hydrogens is 664 g/mol. The van der Waals surface area contributed by atoms with Crippen molar-refractivity contribution in [3.8, 4) is 0 Å². The van der Waals surface area contributed by atoms with Crippen LogP contribution in [0, 0.1) is 17.8 Å². The largest absolute Gasteiger partial charge is 0.388 e. The maximum Gasteiger partial charge on any atom is 0.264 e. The maximum absolute atomic E-state index is 14.0. The van der Waals surface area contributed by atoms with Gasteiger partial charge in [0, 0.05) is 40.5 Å². The number of nitrogens with zero attached hydrogens (tertiary/aromatic N) is 3. The minimum atomic E-state index is -4.14. The standard InChI is InChI=1S/C35H60N6O8S/c1-12-23(4)32(40(9)30(43)21-37-35(45)31(22(2)3)39(7)8)28(48-10)20-29(42)41-19-13-14-27(41)33(49-11)24(5)34(44)38-50(46,47)26-17-15-25(36-6)16-18-26/h15-18,22-24,27-28,31-33,36H,12-14,19-21H2,1-11H3,(H,37,45)(H,38,44)/t23-,24+,27-,28+,31?,32-,33+/m0/s1. The lowest BCUT2D eigenvalue weighted by Crippen LogP contribution is -2.55. The average molecular weight is 725 g/mol. The molecule has 1 unspecified atom stereocenters. The van der Waals surface area contributed by atoms with Gasteiger partial charge in [0.15, 0.2) is 0 Å². The Morgan fingerprint density at radius 3 is 2.10 bits per heavy atom. The second kappa shape index (κ2) is 19.4. The van der Waals surface area contributed by atoms with Crippen molar-refractivity contribution in [2.24, 2.45) is 17.8 Å². The van der Waals surface area contributed by atoms with Crippen molar-refractivity contribution in [3.63, 3.8) is 0 Å². The van der Waals surface area contributed by atoms with E-state index in [1.165, 1.54) is 26.4 Å². The predicted octanol–water partition coefficient (Wildman–Crippen LogP) is 2.16. The fourth-order valence-electron chi connectivity index (χ4n) is 6.94. The fraction of sp³-hybridized carbons (Fsp3) is 0.714. The van der Waals surface area contributed by atoms with Crippen molar-refractivity contribution in [1.82, 2.24) is 24.7 Å². The summed E-state index contributed by atoms with van der Waals surface area (Å²) < 4.78 is 39.8. The third kappa shape index (κ3) is 10.9. The normalized spacial score (nSPS) is 18.6. The smallest absolute Gasteiger partial charge is 0.264 e. The summed E-state index contributed by atoms with van der Waals surface area (Å²) in [4.78, 5) is 58.5. The van der Waals surface area contributed by atoms with E-state index in [-0.39, 0.29) is 53.5 Å². The van der Waals surface area contributed by atoms with Crippen molar-refractivity contribution >= 4 is 39.3 Å². The number of rotatable bonds is 19. The fourth-order valence-corrected chi connectivity index (χ4v) is 8.00. The molecule has 0 bridgehead atoms. The van der Waals surface area contributed by atoms with E-state index in [9.17, 15) is 27.6 Å². The average Bonchev–Trinajstić information content (AvgIpc) is 3.56. The van der Waals surface area contributed by atoms with E-state index in [1.54, 1.807) is 43.0 Å². The number of anilines is 1. The van der Waals surface area contributed by atoms with Gasteiger partial charge in [-0.3, -0.25) is 24.1 Å². The van der Waals surface area contributed by atoms with Crippen LogP contribution in [-0.4, -0.2) is 133 Å². The van der Waals surface area contributed by atoms with Gasteiger partial charge >= 0.3 is 0 Å². The van der Waals surface area contributed by atoms with Crippen LogP contribution in [0.4, 0.5) is 5.69 Å². The second-order valence-electron chi connectivity index (χ2n) is 13.8. The van der Waals surface area contributed by atoms with E-state index in [2.05, 4.69) is 15.4 Å². The molecule has 284 valence electrons. The number of benzene rings is 1. The minimum Gasteiger partial charge on any atom is -0.388 e. The predicted molar refractivity (Wildman–Crippen MR) is 193 cm³/mol. The highest BCUT2D eigenvalue weighted by atomic mass is 32.2. The maximum atomic E-state index is 14.0. The highest BCUT2D eigenvalue weighted by Crippen LogP contribution is 2.29. The van der Waals surface area contributed by atoms with E-state index in [0.29, 0.717) is 25.8 Å². The summed E-state index contributed by atoms with van der Waals surface area (Å²) in [5.41, 5.74) is 0.724. The zero-order valence-electron chi connectivity index (χ0n) is 31.7. The summed E-state index contributed by atoms with van der Waals surface area (Å²) in [6, 6.07) is 4.67. The first kappa shape index (κ1) is 42.9. The van der Waals surface area contributed by atoms with Gasteiger partial charge in [0.2, 0.25) is 23.6 Å². The first-order valence-electron chi connectivity index (χ1n) is 17.3. The Kier molecular flexibility index (Phi) is 16.6. The molecule has 14 nitrogen and oxygen atoms in total. The van der Waals surface area contributed by atoms with Crippen LogP contribution in [0.3, 0.4) is 0 Å². The van der Waals surface area contributed by atoms with Gasteiger partial charge in [-0.05, 0) is 63.0 Å². The first-order valence-corrected chi connectivity index (χ1v) is 18.8. The van der Waals surface area contributed by atoms with Gasteiger partial charge in [0.1, 0.15) is 0 Å². The van der Waals surface area contributed by atoms with Gasteiger partial charge in [-0.2, -0.15) is 0 Å². The number of methoxy groups -OCH3 is 2. The minimum absolute atomic E-state index is 0.0317. The Morgan fingerprint density at radius 2 is 1.60 bits per heavy atom. The SMILES string of the molecule is CC[C@H](C)[C@@H]([C@@H](CC(=O)N1CCC[C@H]1[C@H](OC)[C@@H](C)C(=O)NS(=O)(=O)c1ccc(NC)cc1)OC)N(C)C(=O)CNC(=O)C(C(C)C)N(C)C. The number of nitrogens with one attached hydrogen (secondary N) is 3. The molecule has 0 spiro atoms. The molecule has 4 amide bonds. The Labute approximate surface area is 299 Å². The van der Waals surface area contributed by atoms with Gasteiger partial charge in [0.05, 0.1) is 54.1 Å². The Balaban J connectivity index is 2.19. The Hall–Kier alpha value is -3.27. The molecule has 1 aromatic carbocycles. The van der Waals surface area contributed by atoms with Crippen molar-refractivity contribution in [2.45, 2.75) is 95.5 Å². The van der Waals surface area contributed by atoms with Gasteiger partial charge in [0.25, 0.3) is 10.0 Å². The van der Waals surface area contributed by atoms with E-state index in [0.717, 1.165) is 5.69 Å². The molecule has 1 saturated heterocycles. The highest BCUT2D eigenvalue weighted by Gasteiger charge is 2.42. The lowest BCUT2D eigenvalue weighted by molar-refractivity contribution is -0.145. The lowest BCUT2D eigenvalue weighted by atomic mass is 9.90. The van der Waals surface area contributed by atoms with Crippen molar-refractivity contribution in [3.05, 3.63) is 24.3 Å².